The Kier molecular flexibility index (Phi) is 5.35. The number of carbonyl (C=O) groups excluding carboxylic acids is 3. The van der Waals surface area contributed by atoms with Crippen LogP contribution in [0, 0.1) is 0 Å². The van der Waals surface area contributed by atoms with Gasteiger partial charge in [0.1, 0.15) is 11.4 Å². The zero-order chi connectivity index (χ0) is 16.8. The van der Waals surface area contributed by atoms with Crippen LogP contribution in [0.15, 0.2) is 30.0 Å². The number of esters is 1. The summed E-state index contributed by atoms with van der Waals surface area (Å²) in [6.07, 6.45) is 2.30. The van der Waals surface area contributed by atoms with Crippen molar-refractivity contribution in [1.82, 2.24) is 10.2 Å². The number of hydrogen-bond donors (Lipinski definition) is 1. The van der Waals surface area contributed by atoms with E-state index in [2.05, 4.69) is 10.1 Å². The van der Waals surface area contributed by atoms with Gasteiger partial charge in [-0.05, 0) is 30.2 Å². The van der Waals surface area contributed by atoms with Crippen molar-refractivity contribution in [2.45, 2.75) is 13.3 Å². The molecule has 122 valence electrons. The van der Waals surface area contributed by atoms with E-state index in [0.29, 0.717) is 18.7 Å². The highest BCUT2D eigenvalue weighted by Crippen LogP contribution is 2.17. The van der Waals surface area contributed by atoms with Crippen molar-refractivity contribution in [2.24, 2.45) is 0 Å². The summed E-state index contributed by atoms with van der Waals surface area (Å²) in [5.74, 6) is -0.290. The molecule has 1 aromatic rings. The molecule has 1 fully saturated rings. The number of benzene rings is 1. The molecule has 7 nitrogen and oxygen atoms in total. The highest BCUT2D eigenvalue weighted by molar-refractivity contribution is 6.13. The quantitative estimate of drug-likeness (QED) is 0.488. The third-order valence-corrected chi connectivity index (χ3v) is 3.18. The Morgan fingerprint density at radius 1 is 1.26 bits per heavy atom. The molecule has 1 heterocycles. The molecule has 3 amide bonds. The van der Waals surface area contributed by atoms with Crippen LogP contribution in [-0.2, 0) is 14.3 Å². The fourth-order valence-electron chi connectivity index (χ4n) is 2.03. The molecule has 0 spiro atoms. The monoisotopic (exact) mass is 318 g/mol. The Hall–Kier alpha value is -2.83. The summed E-state index contributed by atoms with van der Waals surface area (Å²) in [6, 6.07) is 6.38. The van der Waals surface area contributed by atoms with E-state index in [-0.39, 0.29) is 18.2 Å². The molecule has 0 bridgehead atoms. The molecular weight excluding hydrogens is 300 g/mol. The third kappa shape index (κ3) is 4.09. The second-order valence-corrected chi connectivity index (χ2v) is 4.88. The standard InChI is InChI=1S/C16H18N2O5/c1-3-8-18-15(20)13(17-16(18)21)9-11-4-6-12(7-5-11)23-10-14(19)22-2/h4-7,9H,3,8,10H2,1-2H3,(H,17,21)/b13-9+. The summed E-state index contributed by atoms with van der Waals surface area (Å²) in [5, 5.41) is 2.56. The molecule has 1 N–H and O–H groups in total. The minimum absolute atomic E-state index is 0.169. The maximum Gasteiger partial charge on any atom is 0.343 e. The lowest BCUT2D eigenvalue weighted by Gasteiger charge is -2.08. The van der Waals surface area contributed by atoms with Gasteiger partial charge in [0, 0.05) is 6.54 Å². The van der Waals surface area contributed by atoms with Crippen LogP contribution in [0.2, 0.25) is 0 Å². The maximum absolute atomic E-state index is 12.1. The maximum atomic E-state index is 12.1. The van der Waals surface area contributed by atoms with Crippen molar-refractivity contribution in [3.05, 3.63) is 35.5 Å². The zero-order valence-corrected chi connectivity index (χ0v) is 13.0. The lowest BCUT2D eigenvalue weighted by atomic mass is 10.2. The Morgan fingerprint density at radius 3 is 2.57 bits per heavy atom. The fraction of sp³-hybridized carbons (Fsp3) is 0.312. The molecule has 0 aliphatic carbocycles. The van der Waals surface area contributed by atoms with Crippen molar-refractivity contribution in [3.8, 4) is 5.75 Å². The average Bonchev–Trinajstić information content (AvgIpc) is 2.82. The van der Waals surface area contributed by atoms with Crippen LogP contribution in [0.4, 0.5) is 4.79 Å². The first-order valence-corrected chi connectivity index (χ1v) is 7.19. The van der Waals surface area contributed by atoms with Crippen molar-refractivity contribution >= 4 is 24.0 Å². The predicted octanol–water partition coefficient (Wildman–Crippen LogP) is 1.54. The molecule has 23 heavy (non-hydrogen) atoms. The summed E-state index contributed by atoms with van der Waals surface area (Å²) in [5.41, 5.74) is 0.976. The molecule has 0 saturated carbocycles. The molecule has 7 heteroatoms. The number of methoxy groups -OCH3 is 1. The summed E-state index contributed by atoms with van der Waals surface area (Å²) in [4.78, 5) is 36.0. The van der Waals surface area contributed by atoms with Crippen molar-refractivity contribution in [3.63, 3.8) is 0 Å². The average molecular weight is 318 g/mol. The van der Waals surface area contributed by atoms with E-state index in [9.17, 15) is 14.4 Å². The second kappa shape index (κ2) is 7.44. The molecule has 1 aromatic carbocycles. The normalized spacial score (nSPS) is 15.7. The fourth-order valence-corrected chi connectivity index (χ4v) is 2.03. The molecule has 0 radical (unpaired) electrons. The van der Waals surface area contributed by atoms with E-state index in [1.807, 2.05) is 6.92 Å². The zero-order valence-electron chi connectivity index (χ0n) is 13.0. The first kappa shape index (κ1) is 16.5. The molecule has 0 unspecified atom stereocenters. The van der Waals surface area contributed by atoms with E-state index in [4.69, 9.17) is 4.74 Å². The highest BCUT2D eigenvalue weighted by atomic mass is 16.6. The van der Waals surface area contributed by atoms with Crippen molar-refractivity contribution < 1.29 is 23.9 Å². The Bertz CT molecular complexity index is 636. The van der Waals surface area contributed by atoms with Gasteiger partial charge < -0.3 is 14.8 Å². The van der Waals surface area contributed by atoms with Gasteiger partial charge >= 0.3 is 12.0 Å². The Morgan fingerprint density at radius 2 is 1.96 bits per heavy atom. The van der Waals surface area contributed by atoms with Gasteiger partial charge in [0.2, 0.25) is 0 Å². The molecule has 2 rings (SSSR count). The number of nitrogens with zero attached hydrogens (tertiary/aromatic N) is 1. The van der Waals surface area contributed by atoms with Gasteiger partial charge in [-0.25, -0.2) is 9.59 Å². The van der Waals surface area contributed by atoms with E-state index >= 15 is 0 Å². The number of hydrogen-bond acceptors (Lipinski definition) is 5. The van der Waals surface area contributed by atoms with Gasteiger partial charge in [0.15, 0.2) is 6.61 Å². The van der Waals surface area contributed by atoms with E-state index < -0.39 is 12.0 Å². The second-order valence-electron chi connectivity index (χ2n) is 4.88. The smallest absolute Gasteiger partial charge is 0.343 e. The Balaban J connectivity index is 2.04. The van der Waals surface area contributed by atoms with Crippen molar-refractivity contribution in [1.29, 1.82) is 0 Å². The predicted molar refractivity (Wildman–Crippen MR) is 82.5 cm³/mol. The Labute approximate surface area is 133 Å². The summed E-state index contributed by atoms with van der Waals surface area (Å²) in [7, 11) is 1.29. The number of imide groups is 1. The van der Waals surface area contributed by atoms with E-state index in [1.54, 1.807) is 30.3 Å². The van der Waals surface area contributed by atoms with Crippen molar-refractivity contribution in [2.75, 3.05) is 20.3 Å². The molecule has 1 aliphatic rings. The molecular formula is C16H18N2O5. The topological polar surface area (TPSA) is 84.9 Å². The van der Waals surface area contributed by atoms with Crippen LogP contribution in [0.25, 0.3) is 6.08 Å². The number of amides is 3. The minimum Gasteiger partial charge on any atom is -0.482 e. The van der Waals surface area contributed by atoms with Gasteiger partial charge in [-0.3, -0.25) is 9.69 Å². The van der Waals surface area contributed by atoms with Gasteiger partial charge in [-0.1, -0.05) is 19.1 Å². The van der Waals surface area contributed by atoms with Crippen LogP contribution in [0.3, 0.4) is 0 Å². The number of urea groups is 1. The van der Waals surface area contributed by atoms with E-state index in [1.165, 1.54) is 12.0 Å². The number of nitrogens with one attached hydrogen (secondary N) is 1. The molecule has 1 aliphatic heterocycles. The number of ether oxygens (including phenoxy) is 2. The van der Waals surface area contributed by atoms with Crippen LogP contribution in [0.5, 0.6) is 5.75 Å². The lowest BCUT2D eigenvalue weighted by Crippen LogP contribution is -2.31. The first-order chi connectivity index (χ1) is 11.0. The van der Waals surface area contributed by atoms with Gasteiger partial charge in [0.05, 0.1) is 7.11 Å². The highest BCUT2D eigenvalue weighted by Gasteiger charge is 2.32. The summed E-state index contributed by atoms with van der Waals surface area (Å²) >= 11 is 0. The minimum atomic E-state index is -0.466. The summed E-state index contributed by atoms with van der Waals surface area (Å²) in [6.45, 7) is 2.12. The van der Waals surface area contributed by atoms with Gasteiger partial charge in [-0.15, -0.1) is 0 Å². The van der Waals surface area contributed by atoms with Crippen LogP contribution < -0.4 is 10.1 Å². The SMILES string of the molecule is CCCN1C(=O)N/C(=C/c2ccc(OCC(=O)OC)cc2)C1=O. The van der Waals surface area contributed by atoms with Gasteiger partial charge in [-0.2, -0.15) is 0 Å². The molecule has 1 saturated heterocycles. The van der Waals surface area contributed by atoms with Crippen LogP contribution in [0.1, 0.15) is 18.9 Å². The lowest BCUT2D eigenvalue weighted by molar-refractivity contribution is -0.142. The van der Waals surface area contributed by atoms with Crippen LogP contribution >= 0.6 is 0 Å². The van der Waals surface area contributed by atoms with Gasteiger partial charge in [0.25, 0.3) is 5.91 Å². The van der Waals surface area contributed by atoms with E-state index in [0.717, 1.165) is 5.56 Å². The third-order valence-electron chi connectivity index (χ3n) is 3.18. The molecule has 0 aromatic heterocycles. The summed E-state index contributed by atoms with van der Waals surface area (Å²) < 4.78 is 9.71. The largest absolute Gasteiger partial charge is 0.482 e. The number of rotatable bonds is 6. The molecule has 0 atom stereocenters. The first-order valence-electron chi connectivity index (χ1n) is 7.19. The number of carbonyl (C=O) groups is 3. The van der Waals surface area contributed by atoms with Crippen LogP contribution in [-0.4, -0.2) is 43.1 Å².